The fourth-order valence-electron chi connectivity index (χ4n) is 3.45. The van der Waals surface area contributed by atoms with Gasteiger partial charge in [0, 0.05) is 22.3 Å². The van der Waals surface area contributed by atoms with Crippen LogP contribution in [0.15, 0.2) is 97.1 Å². The molecule has 0 aliphatic rings. The Morgan fingerprint density at radius 1 is 0.516 bits per heavy atom. The molecule has 0 atom stereocenters. The summed E-state index contributed by atoms with van der Waals surface area (Å²) in [5.41, 5.74) is 4.53. The maximum absolute atomic E-state index is 12.7. The third kappa shape index (κ3) is 4.46. The highest BCUT2D eigenvalue weighted by molar-refractivity contribution is 6.10. The largest absolute Gasteiger partial charge is 0.457 e. The van der Waals surface area contributed by atoms with Gasteiger partial charge in [-0.05, 0) is 73.5 Å². The molecule has 0 saturated carbocycles. The van der Waals surface area contributed by atoms with Gasteiger partial charge in [0.05, 0.1) is 0 Å². The van der Waals surface area contributed by atoms with Crippen LogP contribution < -0.4 is 4.74 Å². The van der Waals surface area contributed by atoms with Crippen molar-refractivity contribution in [2.24, 2.45) is 0 Å². The predicted molar refractivity (Wildman–Crippen MR) is 122 cm³/mol. The van der Waals surface area contributed by atoms with Crippen molar-refractivity contribution in [2.45, 2.75) is 13.8 Å². The Labute approximate surface area is 181 Å². The van der Waals surface area contributed by atoms with Crippen LogP contribution in [-0.2, 0) is 0 Å². The van der Waals surface area contributed by atoms with Gasteiger partial charge in [0.1, 0.15) is 11.5 Å². The number of hydrogen-bond donors (Lipinski definition) is 0. The number of carbonyl (C=O) groups is 2. The summed E-state index contributed by atoms with van der Waals surface area (Å²) in [6.07, 6.45) is 0. The van der Waals surface area contributed by atoms with E-state index in [9.17, 15) is 9.59 Å². The van der Waals surface area contributed by atoms with Crippen molar-refractivity contribution in [3.8, 4) is 11.5 Å². The maximum Gasteiger partial charge on any atom is 0.193 e. The van der Waals surface area contributed by atoms with Crippen molar-refractivity contribution >= 4 is 11.6 Å². The van der Waals surface area contributed by atoms with E-state index in [1.54, 1.807) is 48.5 Å². The summed E-state index contributed by atoms with van der Waals surface area (Å²) in [5, 5.41) is 0. The van der Waals surface area contributed by atoms with Crippen molar-refractivity contribution in [2.75, 3.05) is 0 Å². The molecule has 0 unspecified atom stereocenters. The molecule has 0 aromatic heterocycles. The zero-order valence-electron chi connectivity index (χ0n) is 17.5. The van der Waals surface area contributed by atoms with Gasteiger partial charge in [-0.2, -0.15) is 0 Å². The monoisotopic (exact) mass is 406 g/mol. The average molecular weight is 406 g/mol. The molecule has 4 rings (SSSR count). The molecule has 0 radical (unpaired) electrons. The van der Waals surface area contributed by atoms with Crippen LogP contribution in [0.4, 0.5) is 0 Å². The van der Waals surface area contributed by atoms with Crippen LogP contribution in [0.1, 0.15) is 43.0 Å². The molecule has 4 aromatic rings. The standard InChI is InChI=1S/C28H22O3/c1-19-7-3-5-9-25(19)27(29)21-11-15-23(16-12-21)31-24-17-13-22(14-18-24)28(30)26-10-6-4-8-20(26)2/h3-18H,1-2H3. The van der Waals surface area contributed by atoms with Crippen LogP contribution in [0.25, 0.3) is 0 Å². The molecule has 4 aromatic carbocycles. The number of rotatable bonds is 6. The lowest BCUT2D eigenvalue weighted by Gasteiger charge is -2.09. The highest BCUT2D eigenvalue weighted by Gasteiger charge is 2.13. The molecule has 0 N–H and O–H groups in total. The van der Waals surface area contributed by atoms with Crippen molar-refractivity contribution in [3.63, 3.8) is 0 Å². The van der Waals surface area contributed by atoms with Crippen molar-refractivity contribution in [1.29, 1.82) is 0 Å². The van der Waals surface area contributed by atoms with Crippen LogP contribution in [0, 0.1) is 13.8 Å². The van der Waals surface area contributed by atoms with Gasteiger partial charge >= 0.3 is 0 Å². The van der Waals surface area contributed by atoms with Crippen molar-refractivity contribution in [1.82, 2.24) is 0 Å². The Bertz CT molecular complexity index is 1140. The molecular formula is C28H22O3. The van der Waals surface area contributed by atoms with Gasteiger partial charge < -0.3 is 4.74 Å². The van der Waals surface area contributed by atoms with Crippen LogP contribution in [0.3, 0.4) is 0 Å². The van der Waals surface area contributed by atoms with Crippen LogP contribution in [-0.4, -0.2) is 11.6 Å². The molecule has 0 aliphatic carbocycles. The first kappa shape index (κ1) is 20.3. The first-order chi connectivity index (χ1) is 15.0. The van der Waals surface area contributed by atoms with E-state index in [2.05, 4.69) is 0 Å². The molecule has 152 valence electrons. The quantitative estimate of drug-likeness (QED) is 0.341. The first-order valence-electron chi connectivity index (χ1n) is 10.1. The number of ketones is 2. The second-order valence-electron chi connectivity index (χ2n) is 7.44. The Hall–Kier alpha value is -3.98. The third-order valence-corrected chi connectivity index (χ3v) is 5.25. The zero-order chi connectivity index (χ0) is 21.8. The predicted octanol–water partition coefficient (Wildman–Crippen LogP) is 6.56. The molecule has 3 heteroatoms. The zero-order valence-corrected chi connectivity index (χ0v) is 17.5. The van der Waals surface area contributed by atoms with E-state index >= 15 is 0 Å². The lowest BCUT2D eigenvalue weighted by Crippen LogP contribution is -2.03. The van der Waals surface area contributed by atoms with E-state index in [1.807, 2.05) is 62.4 Å². The summed E-state index contributed by atoms with van der Waals surface area (Å²) >= 11 is 0. The van der Waals surface area contributed by atoms with E-state index in [0.717, 1.165) is 11.1 Å². The maximum atomic E-state index is 12.7. The molecule has 31 heavy (non-hydrogen) atoms. The molecule has 0 heterocycles. The number of ether oxygens (including phenoxy) is 1. The second-order valence-corrected chi connectivity index (χ2v) is 7.44. The molecule has 0 fully saturated rings. The van der Waals surface area contributed by atoms with Gasteiger partial charge in [-0.15, -0.1) is 0 Å². The molecular weight excluding hydrogens is 384 g/mol. The number of benzene rings is 4. The van der Waals surface area contributed by atoms with Gasteiger partial charge in [-0.1, -0.05) is 48.5 Å². The van der Waals surface area contributed by atoms with Gasteiger partial charge in [-0.25, -0.2) is 0 Å². The number of aryl methyl sites for hydroxylation is 2. The summed E-state index contributed by atoms with van der Waals surface area (Å²) in [4.78, 5) is 25.4. The molecule has 0 bridgehead atoms. The normalized spacial score (nSPS) is 10.5. The summed E-state index contributed by atoms with van der Waals surface area (Å²) in [7, 11) is 0. The summed E-state index contributed by atoms with van der Waals surface area (Å²) in [6, 6.07) is 29.3. The molecule has 0 saturated heterocycles. The van der Waals surface area contributed by atoms with Gasteiger partial charge in [0.2, 0.25) is 0 Å². The summed E-state index contributed by atoms with van der Waals surface area (Å²) in [5.74, 6) is 1.23. The fourth-order valence-corrected chi connectivity index (χ4v) is 3.45. The average Bonchev–Trinajstić information content (AvgIpc) is 2.80. The SMILES string of the molecule is Cc1ccccc1C(=O)c1ccc(Oc2ccc(C(=O)c3ccccc3C)cc2)cc1. The van der Waals surface area contributed by atoms with Crippen LogP contribution >= 0.6 is 0 Å². The van der Waals surface area contributed by atoms with E-state index in [-0.39, 0.29) is 11.6 Å². The molecule has 0 amide bonds. The van der Waals surface area contributed by atoms with Gasteiger partial charge in [-0.3, -0.25) is 9.59 Å². The minimum atomic E-state index is -0.0104. The molecule has 0 spiro atoms. The highest BCUT2D eigenvalue weighted by atomic mass is 16.5. The Balaban J connectivity index is 1.46. The number of hydrogen-bond acceptors (Lipinski definition) is 3. The highest BCUT2D eigenvalue weighted by Crippen LogP contribution is 2.24. The van der Waals surface area contributed by atoms with Crippen molar-refractivity contribution < 1.29 is 14.3 Å². The van der Waals surface area contributed by atoms with E-state index in [1.165, 1.54) is 0 Å². The topological polar surface area (TPSA) is 43.4 Å². The third-order valence-electron chi connectivity index (χ3n) is 5.25. The van der Waals surface area contributed by atoms with E-state index < -0.39 is 0 Å². The van der Waals surface area contributed by atoms with E-state index in [0.29, 0.717) is 33.8 Å². The van der Waals surface area contributed by atoms with Crippen LogP contribution in [0.5, 0.6) is 11.5 Å². The lowest BCUT2D eigenvalue weighted by atomic mass is 9.99. The second kappa shape index (κ2) is 8.80. The summed E-state index contributed by atoms with van der Waals surface area (Å²) in [6.45, 7) is 3.86. The van der Waals surface area contributed by atoms with Crippen molar-refractivity contribution in [3.05, 3.63) is 130 Å². The van der Waals surface area contributed by atoms with Gasteiger partial charge in [0.15, 0.2) is 11.6 Å². The number of carbonyl (C=O) groups excluding carboxylic acids is 2. The summed E-state index contributed by atoms with van der Waals surface area (Å²) < 4.78 is 5.88. The molecule has 3 nitrogen and oxygen atoms in total. The Morgan fingerprint density at radius 3 is 1.23 bits per heavy atom. The Morgan fingerprint density at radius 2 is 0.871 bits per heavy atom. The minimum Gasteiger partial charge on any atom is -0.457 e. The fraction of sp³-hybridized carbons (Fsp3) is 0.0714. The minimum absolute atomic E-state index is 0.0104. The Kier molecular flexibility index (Phi) is 5.76. The lowest BCUT2D eigenvalue weighted by molar-refractivity contribution is 0.103. The smallest absolute Gasteiger partial charge is 0.193 e. The van der Waals surface area contributed by atoms with E-state index in [4.69, 9.17) is 4.74 Å². The van der Waals surface area contributed by atoms with Gasteiger partial charge in [0.25, 0.3) is 0 Å². The molecule has 0 aliphatic heterocycles. The van der Waals surface area contributed by atoms with Crippen LogP contribution in [0.2, 0.25) is 0 Å². The first-order valence-corrected chi connectivity index (χ1v) is 10.1.